The lowest BCUT2D eigenvalue weighted by Gasteiger charge is -2.30. The molecule has 3 rings (SSSR count). The molecular weight excluding hydrogens is 364 g/mol. The number of carbonyl (C=O) groups excluding carboxylic acids is 1. The van der Waals surface area contributed by atoms with Crippen molar-refractivity contribution in [3.05, 3.63) is 30.1 Å². The van der Waals surface area contributed by atoms with Crippen LogP contribution in [0.4, 0.5) is 0 Å². The highest BCUT2D eigenvalue weighted by Gasteiger charge is 2.21. The number of piperidine rings is 1. The summed E-state index contributed by atoms with van der Waals surface area (Å²) in [5.74, 6) is 3.17. The summed E-state index contributed by atoms with van der Waals surface area (Å²) in [7, 11) is 3.50. The van der Waals surface area contributed by atoms with Gasteiger partial charge >= 0.3 is 0 Å². The highest BCUT2D eigenvalue weighted by molar-refractivity contribution is 7.99. The molecule has 2 aromatic rings. The van der Waals surface area contributed by atoms with Gasteiger partial charge in [-0.1, -0.05) is 30.8 Å². The van der Waals surface area contributed by atoms with Crippen LogP contribution in [0.1, 0.15) is 25.6 Å². The summed E-state index contributed by atoms with van der Waals surface area (Å²) < 4.78 is 13.0. The molecule has 0 aliphatic carbocycles. The van der Waals surface area contributed by atoms with Crippen LogP contribution in [0.2, 0.25) is 0 Å². The number of benzene rings is 1. The zero-order valence-electron chi connectivity index (χ0n) is 16.1. The van der Waals surface area contributed by atoms with E-state index in [1.54, 1.807) is 7.11 Å². The van der Waals surface area contributed by atoms with E-state index >= 15 is 0 Å². The van der Waals surface area contributed by atoms with Gasteiger partial charge in [0.25, 0.3) is 0 Å². The van der Waals surface area contributed by atoms with Crippen LogP contribution in [0.5, 0.6) is 11.5 Å². The van der Waals surface area contributed by atoms with E-state index in [1.807, 2.05) is 40.8 Å². The van der Waals surface area contributed by atoms with Crippen molar-refractivity contribution in [3.63, 3.8) is 0 Å². The molecule has 1 saturated heterocycles. The Kier molecular flexibility index (Phi) is 6.60. The van der Waals surface area contributed by atoms with Crippen LogP contribution in [-0.2, 0) is 18.4 Å². The smallest absolute Gasteiger partial charge is 0.233 e. The SMILES string of the molecule is COc1ccccc1OCc1nnc(SCC(=O)N2CCC[C@@H](C)C2)n1C. The van der Waals surface area contributed by atoms with Crippen LogP contribution in [0.25, 0.3) is 0 Å². The van der Waals surface area contributed by atoms with Crippen LogP contribution in [-0.4, -0.2) is 51.5 Å². The van der Waals surface area contributed by atoms with E-state index in [9.17, 15) is 4.79 Å². The number of nitrogens with zero attached hydrogens (tertiary/aromatic N) is 4. The van der Waals surface area contributed by atoms with E-state index in [0.717, 1.165) is 19.5 Å². The number of aromatic nitrogens is 3. The van der Waals surface area contributed by atoms with Gasteiger partial charge in [-0.05, 0) is 30.9 Å². The number of carbonyl (C=O) groups is 1. The van der Waals surface area contributed by atoms with Crippen molar-refractivity contribution in [1.82, 2.24) is 19.7 Å². The molecule has 0 N–H and O–H groups in total. The lowest BCUT2D eigenvalue weighted by molar-refractivity contribution is -0.130. The average molecular weight is 391 g/mol. The Morgan fingerprint density at radius 2 is 2.07 bits per heavy atom. The molecule has 0 bridgehead atoms. The summed E-state index contributed by atoms with van der Waals surface area (Å²) >= 11 is 1.42. The topological polar surface area (TPSA) is 69.5 Å². The van der Waals surface area contributed by atoms with Gasteiger partial charge in [0.05, 0.1) is 12.9 Å². The maximum atomic E-state index is 12.4. The molecule has 0 saturated carbocycles. The number of para-hydroxylation sites is 2. The summed E-state index contributed by atoms with van der Waals surface area (Å²) in [5, 5.41) is 9.10. The fraction of sp³-hybridized carbons (Fsp3) is 0.526. The van der Waals surface area contributed by atoms with Crippen LogP contribution < -0.4 is 9.47 Å². The third kappa shape index (κ3) is 4.94. The van der Waals surface area contributed by atoms with Crippen LogP contribution in [0.15, 0.2) is 29.4 Å². The Balaban J connectivity index is 1.54. The monoisotopic (exact) mass is 390 g/mol. The quantitative estimate of drug-likeness (QED) is 0.677. The Labute approximate surface area is 164 Å². The lowest BCUT2D eigenvalue weighted by atomic mass is 10.0. The van der Waals surface area contributed by atoms with Crippen molar-refractivity contribution in [2.45, 2.75) is 31.5 Å². The second-order valence-electron chi connectivity index (χ2n) is 6.77. The van der Waals surface area contributed by atoms with Gasteiger partial charge in [-0.3, -0.25) is 4.79 Å². The molecule has 1 atom stereocenters. The molecule has 1 fully saturated rings. The van der Waals surface area contributed by atoms with Gasteiger partial charge in [0, 0.05) is 20.1 Å². The van der Waals surface area contributed by atoms with E-state index in [1.165, 1.54) is 18.2 Å². The number of methoxy groups -OCH3 is 1. The molecular formula is C19H26N4O3S. The first-order chi connectivity index (χ1) is 13.1. The maximum absolute atomic E-state index is 12.4. The van der Waals surface area contributed by atoms with Crippen LogP contribution >= 0.6 is 11.8 Å². The van der Waals surface area contributed by atoms with Crippen molar-refractivity contribution in [1.29, 1.82) is 0 Å². The largest absolute Gasteiger partial charge is 0.493 e. The Morgan fingerprint density at radius 3 is 2.81 bits per heavy atom. The first-order valence-electron chi connectivity index (χ1n) is 9.13. The minimum absolute atomic E-state index is 0.168. The van der Waals surface area contributed by atoms with Crippen LogP contribution in [0, 0.1) is 5.92 Å². The van der Waals surface area contributed by atoms with E-state index < -0.39 is 0 Å². The second-order valence-corrected chi connectivity index (χ2v) is 7.72. The van der Waals surface area contributed by atoms with Gasteiger partial charge in [0.1, 0.15) is 6.61 Å². The summed E-state index contributed by atoms with van der Waals surface area (Å²) in [6.07, 6.45) is 2.29. The Morgan fingerprint density at radius 1 is 1.30 bits per heavy atom. The van der Waals surface area contributed by atoms with Gasteiger partial charge < -0.3 is 18.9 Å². The molecule has 0 radical (unpaired) electrons. The highest BCUT2D eigenvalue weighted by Crippen LogP contribution is 2.27. The minimum atomic E-state index is 0.168. The average Bonchev–Trinajstić information content (AvgIpc) is 3.04. The van der Waals surface area contributed by atoms with E-state index in [-0.39, 0.29) is 12.5 Å². The second kappa shape index (κ2) is 9.12. The van der Waals surface area contributed by atoms with Crippen LogP contribution in [0.3, 0.4) is 0 Å². The number of amides is 1. The van der Waals surface area contributed by atoms with Gasteiger partial charge in [0.2, 0.25) is 5.91 Å². The van der Waals surface area contributed by atoms with Gasteiger partial charge in [0.15, 0.2) is 22.5 Å². The van der Waals surface area contributed by atoms with Crippen molar-refractivity contribution in [3.8, 4) is 11.5 Å². The van der Waals surface area contributed by atoms with E-state index in [4.69, 9.17) is 9.47 Å². The molecule has 0 unspecified atom stereocenters. The number of hydrogen-bond acceptors (Lipinski definition) is 6. The molecule has 1 aliphatic rings. The predicted molar refractivity (Wildman–Crippen MR) is 104 cm³/mol. The lowest BCUT2D eigenvalue weighted by Crippen LogP contribution is -2.40. The normalized spacial score (nSPS) is 17.0. The number of hydrogen-bond donors (Lipinski definition) is 0. The summed E-state index contributed by atoms with van der Waals surface area (Å²) in [5.41, 5.74) is 0. The van der Waals surface area contributed by atoms with Crippen molar-refractivity contribution in [2.24, 2.45) is 13.0 Å². The maximum Gasteiger partial charge on any atom is 0.233 e. The van der Waals surface area contributed by atoms with Crippen molar-refractivity contribution >= 4 is 17.7 Å². The summed E-state index contributed by atoms with van der Waals surface area (Å²) in [4.78, 5) is 14.4. The molecule has 1 aliphatic heterocycles. The fourth-order valence-corrected chi connectivity index (χ4v) is 3.94. The minimum Gasteiger partial charge on any atom is -0.493 e. The van der Waals surface area contributed by atoms with Gasteiger partial charge in [-0.15, -0.1) is 10.2 Å². The van der Waals surface area contributed by atoms with Gasteiger partial charge in [-0.2, -0.15) is 0 Å². The molecule has 7 nitrogen and oxygen atoms in total. The Bertz CT molecular complexity index is 780. The molecule has 1 aromatic carbocycles. The number of rotatable bonds is 7. The standard InChI is InChI=1S/C19H26N4O3S/c1-14-7-6-10-23(11-14)18(24)13-27-19-21-20-17(22(19)2)12-26-16-9-5-4-8-15(16)25-3/h4-5,8-9,14H,6-7,10-13H2,1-3H3/t14-/m1/s1. The molecule has 0 spiro atoms. The Hall–Kier alpha value is -2.22. The molecule has 1 amide bonds. The molecule has 27 heavy (non-hydrogen) atoms. The fourth-order valence-electron chi connectivity index (χ4n) is 3.11. The van der Waals surface area contributed by atoms with Crippen molar-refractivity contribution < 1.29 is 14.3 Å². The first-order valence-corrected chi connectivity index (χ1v) is 10.1. The zero-order chi connectivity index (χ0) is 19.2. The molecule has 8 heteroatoms. The molecule has 2 heterocycles. The van der Waals surface area contributed by atoms with Crippen molar-refractivity contribution in [2.75, 3.05) is 26.0 Å². The third-order valence-corrected chi connectivity index (χ3v) is 5.69. The third-order valence-electron chi connectivity index (χ3n) is 4.69. The summed E-state index contributed by atoms with van der Waals surface area (Å²) in [6, 6.07) is 7.48. The zero-order valence-corrected chi connectivity index (χ0v) is 16.9. The number of thioether (sulfide) groups is 1. The van der Waals surface area contributed by atoms with E-state index in [0.29, 0.717) is 34.2 Å². The van der Waals surface area contributed by atoms with E-state index in [2.05, 4.69) is 17.1 Å². The highest BCUT2D eigenvalue weighted by atomic mass is 32.2. The summed E-state index contributed by atoms with van der Waals surface area (Å²) in [6.45, 7) is 4.20. The molecule has 146 valence electrons. The number of ether oxygens (including phenoxy) is 2. The predicted octanol–water partition coefficient (Wildman–Crippen LogP) is 2.75. The molecule has 1 aromatic heterocycles. The number of likely N-dealkylation sites (tertiary alicyclic amines) is 1. The first kappa shape index (κ1) is 19.5. The van der Waals surface area contributed by atoms with Gasteiger partial charge in [-0.25, -0.2) is 0 Å².